The first kappa shape index (κ1) is 83.2. The van der Waals surface area contributed by atoms with Gasteiger partial charge in [0.25, 0.3) is 0 Å². The average Bonchev–Trinajstić information content (AvgIpc) is 0.834. The Bertz CT molecular complexity index is 4610. The van der Waals surface area contributed by atoms with Crippen LogP contribution in [0.1, 0.15) is 54.2 Å². The molecule has 0 saturated heterocycles. The van der Waals surface area contributed by atoms with Crippen molar-refractivity contribution in [1.82, 2.24) is 24.9 Å². The predicted octanol–water partition coefficient (Wildman–Crippen LogP) is 22.5. The molecule has 0 unspecified atom stereocenters. The molecule has 4 radical (unpaired) electrons. The fourth-order valence-electron chi connectivity index (χ4n) is 10.8. The maximum Gasteiger partial charge on any atom is 0.155 e. The molecule has 0 amide bonds. The van der Waals surface area contributed by atoms with Crippen molar-refractivity contribution in [2.75, 3.05) is 0 Å². The zero-order valence-electron chi connectivity index (χ0n) is 58.1. The number of hydrogen-bond donors (Lipinski definition) is 1. The summed E-state index contributed by atoms with van der Waals surface area (Å²) in [6, 6.07) is 108. The van der Waals surface area contributed by atoms with Gasteiger partial charge in [0, 0.05) is 134 Å². The van der Waals surface area contributed by atoms with Crippen LogP contribution in [-0.2, 0) is 91.6 Å². The number of pyridine rings is 5. The molecule has 9 aromatic carbocycles. The first-order valence-electron chi connectivity index (χ1n) is 32.6. The van der Waals surface area contributed by atoms with Crippen molar-refractivity contribution in [3.05, 3.63) is 380 Å². The topological polar surface area (TPSA) is 102 Å². The summed E-state index contributed by atoms with van der Waals surface area (Å²) < 4.78 is 0. The summed E-state index contributed by atoms with van der Waals surface area (Å²) in [6.07, 6.45) is 11.8. The molecule has 1 N–H and O–H groups in total. The van der Waals surface area contributed by atoms with Gasteiger partial charge in [0.2, 0.25) is 0 Å². The number of carbonyl (C=O) groups is 1. The number of aryl methyl sites for hydroxylation is 6. The zero-order chi connectivity index (χ0) is 68.9. The molecule has 7 nitrogen and oxygen atoms in total. The van der Waals surface area contributed by atoms with E-state index in [1.54, 1.807) is 6.20 Å². The minimum absolute atomic E-state index is 0. The van der Waals surface area contributed by atoms with Crippen LogP contribution in [0.3, 0.4) is 0 Å². The number of carbonyl (C=O) groups excluding carboxylic acids is 1. The molecule has 520 valence electrons. The molecule has 14 aromatic rings. The second kappa shape index (κ2) is 44.0. The smallest absolute Gasteiger partial charge is 0.155 e. The van der Waals surface area contributed by atoms with Crippen LogP contribution in [0, 0.1) is 65.0 Å². The van der Waals surface area contributed by atoms with Crippen LogP contribution in [0.4, 0.5) is 0 Å². The number of aliphatic hydroxyl groups excluding tert-OH is 1. The van der Waals surface area contributed by atoms with Gasteiger partial charge in [0.1, 0.15) is 0 Å². The third-order valence-corrected chi connectivity index (χ3v) is 15.5. The van der Waals surface area contributed by atoms with E-state index in [2.05, 4.69) is 188 Å². The Morgan fingerprint density at radius 2 is 0.686 bits per heavy atom. The molecule has 5 aromatic heterocycles. The van der Waals surface area contributed by atoms with Gasteiger partial charge in [-0.25, -0.2) is 0 Å². The van der Waals surface area contributed by atoms with Crippen molar-refractivity contribution in [1.29, 1.82) is 0 Å². The van der Waals surface area contributed by atoms with Crippen LogP contribution in [0.2, 0.25) is 0 Å². The van der Waals surface area contributed by atoms with Crippen molar-refractivity contribution in [3.63, 3.8) is 0 Å². The van der Waals surface area contributed by atoms with Crippen LogP contribution >= 0.6 is 0 Å². The van der Waals surface area contributed by atoms with E-state index >= 15 is 0 Å². The van der Waals surface area contributed by atoms with Crippen molar-refractivity contribution < 1.29 is 90.3 Å². The summed E-state index contributed by atoms with van der Waals surface area (Å²) in [5.74, 6) is -0.0625. The summed E-state index contributed by atoms with van der Waals surface area (Å²) >= 11 is 0. The molecule has 0 bridgehead atoms. The monoisotopic (exact) mass is 2040 g/mol. The maximum atomic E-state index is 10.0. The molecule has 0 saturated carbocycles. The van der Waals surface area contributed by atoms with Gasteiger partial charge >= 0.3 is 0 Å². The Labute approximate surface area is 657 Å². The second-order valence-electron chi connectivity index (χ2n) is 23.2. The van der Waals surface area contributed by atoms with E-state index in [4.69, 9.17) is 5.11 Å². The number of nitrogens with zero attached hydrogens (tertiary/aromatic N) is 5. The zero-order valence-corrected chi connectivity index (χ0v) is 67.7. The average molecular weight is 2040 g/mol. The first-order valence-corrected chi connectivity index (χ1v) is 32.6. The van der Waals surface area contributed by atoms with Gasteiger partial charge in [-0.2, -0.15) is 0 Å². The number of benzene rings is 9. The molecular formula is C91H78Ir4N5O2-5. The summed E-state index contributed by atoms with van der Waals surface area (Å²) in [4.78, 5) is 32.5. The minimum atomic E-state index is -0.125. The van der Waals surface area contributed by atoms with E-state index in [9.17, 15) is 4.79 Å². The number of aromatic nitrogens is 5. The molecular weight excluding hydrogens is 1960 g/mol. The van der Waals surface area contributed by atoms with Crippen LogP contribution in [-0.4, -0.2) is 35.8 Å². The second-order valence-corrected chi connectivity index (χ2v) is 23.2. The van der Waals surface area contributed by atoms with Gasteiger partial charge in [-0.3, -0.25) is 4.79 Å². The van der Waals surface area contributed by atoms with E-state index in [1.165, 1.54) is 97.8 Å². The van der Waals surface area contributed by atoms with Crippen LogP contribution in [0.15, 0.2) is 316 Å². The minimum Gasteiger partial charge on any atom is -0.512 e. The number of allylic oxidation sites excluding steroid dienone is 2. The van der Waals surface area contributed by atoms with E-state index in [0.29, 0.717) is 0 Å². The number of hydrogen-bond acceptors (Lipinski definition) is 7. The molecule has 0 aliphatic rings. The van der Waals surface area contributed by atoms with Gasteiger partial charge in [0.15, 0.2) is 5.78 Å². The van der Waals surface area contributed by atoms with E-state index in [0.717, 1.165) is 62.7 Å². The van der Waals surface area contributed by atoms with Crippen molar-refractivity contribution in [2.24, 2.45) is 0 Å². The fourth-order valence-corrected chi connectivity index (χ4v) is 10.8. The summed E-state index contributed by atoms with van der Waals surface area (Å²) in [7, 11) is 0. The van der Waals surface area contributed by atoms with E-state index < -0.39 is 0 Å². The third-order valence-electron chi connectivity index (χ3n) is 15.5. The van der Waals surface area contributed by atoms with Crippen molar-refractivity contribution in [2.45, 2.75) is 61.8 Å². The van der Waals surface area contributed by atoms with Crippen LogP contribution < -0.4 is 0 Å². The predicted molar refractivity (Wildman–Crippen MR) is 404 cm³/mol. The standard InChI is InChI=1S/C20H18N.C19H16N.2C18H14N.C11H8N.C5H8O2.4Ir/c1-14-9-15(2)11-18(10-14)19-12-20(21-13-16(19)3)17-7-5-4-6-8-17;1-2-15-13-19(17-11-7-4-8-12-17)20-14-18(15)16-9-5-3-6-10-16;2*1-14-12-18(16-10-6-3-7-11-16)19-13-17(14)15-8-4-2-5-9-15;1-2-6-10(7-3-1)11-8-4-5-9-12-11;1-4(6)3-5(2)7;;;;/h4-7,9-13H,1-3H3;3-11,13-14H,2H2,1H3;2*2-10,12-13H,1H3;1-6,8-9H;3,6H,1-2H3;;;;/q5*-1;;;;;. The first-order chi connectivity index (χ1) is 47.8. The summed E-state index contributed by atoms with van der Waals surface area (Å²) in [5.41, 5.74) is 27.3. The largest absolute Gasteiger partial charge is 0.512 e. The Hall–Kier alpha value is -9.46. The SMILES string of the molecule is CC(=O)C=C(C)O.CCc1cc(-c2[c-]cccc2)ncc1-c1ccccc1.Cc1cc(-c2[c-]cccc2)ncc1-c1ccccc1.Cc1cc(-c2[c-]cccc2)ncc1-c1ccccc1.Cc1cc(C)cc(-c2cc(-c3[c-]cccc3)ncc2C)c1.[Ir].[Ir].[Ir].[Ir].[c-]1ccccc1-c1ccccn1. The Morgan fingerprint density at radius 1 is 0.343 bits per heavy atom. The molecule has 0 aliphatic heterocycles. The third kappa shape index (κ3) is 25.6. The number of ketones is 1. The Kier molecular flexibility index (Phi) is 35.9. The maximum absolute atomic E-state index is 10.0. The number of rotatable bonds is 11. The molecule has 0 spiro atoms. The van der Waals surface area contributed by atoms with Gasteiger partial charge in [-0.15, -0.1) is 179 Å². The summed E-state index contributed by atoms with van der Waals surface area (Å²) in [5, 5.41) is 8.36. The fraction of sp³-hybridized carbons (Fsp3) is 0.0989. The van der Waals surface area contributed by atoms with Gasteiger partial charge in [-0.05, 0) is 139 Å². The normalized spacial score (nSPS) is 10.0. The Balaban J connectivity index is 0.000000224. The molecule has 102 heavy (non-hydrogen) atoms. The molecule has 0 aliphatic carbocycles. The molecule has 11 heteroatoms. The molecule has 0 atom stereocenters. The van der Waals surface area contributed by atoms with E-state index in [-0.39, 0.29) is 92.0 Å². The van der Waals surface area contributed by atoms with Gasteiger partial charge in [-0.1, -0.05) is 164 Å². The molecule has 14 rings (SSSR count). The van der Waals surface area contributed by atoms with Crippen LogP contribution in [0.25, 0.3) is 101 Å². The quantitative estimate of drug-likeness (QED) is 0.0782. The molecule has 0 fully saturated rings. The van der Waals surface area contributed by atoms with Crippen molar-refractivity contribution >= 4 is 5.78 Å². The summed E-state index contributed by atoms with van der Waals surface area (Å²) in [6.45, 7) is 15.7. The van der Waals surface area contributed by atoms with E-state index in [1.807, 2.05) is 207 Å². The number of aliphatic hydroxyl groups is 1. The van der Waals surface area contributed by atoms with Crippen molar-refractivity contribution in [3.8, 4) is 101 Å². The Morgan fingerprint density at radius 3 is 1.02 bits per heavy atom. The van der Waals surface area contributed by atoms with Gasteiger partial charge in [0.05, 0.1) is 5.76 Å². The van der Waals surface area contributed by atoms with Gasteiger partial charge < -0.3 is 30.0 Å². The van der Waals surface area contributed by atoms with Crippen LogP contribution in [0.5, 0.6) is 0 Å². The molecule has 5 heterocycles.